The number of nitrogens with one attached hydrogen (secondary N) is 2. The number of carbonyl (C=O) groups is 1. The smallest absolute Gasteiger partial charge is 0.239 e. The van der Waals surface area contributed by atoms with Crippen LogP contribution in [0.3, 0.4) is 0 Å². The Morgan fingerprint density at radius 3 is 2.68 bits per heavy atom. The van der Waals surface area contributed by atoms with Crippen LogP contribution in [0.1, 0.15) is 18.4 Å². The molecular formula is C20H30N4O4. The van der Waals surface area contributed by atoms with E-state index in [4.69, 9.17) is 14.2 Å². The number of rotatable bonds is 6. The summed E-state index contributed by atoms with van der Waals surface area (Å²) in [5, 5.41) is 6.06. The van der Waals surface area contributed by atoms with Gasteiger partial charge < -0.3 is 29.7 Å². The minimum absolute atomic E-state index is 0.0544. The van der Waals surface area contributed by atoms with Crippen molar-refractivity contribution in [3.05, 3.63) is 29.8 Å². The third kappa shape index (κ3) is 5.59. The highest BCUT2D eigenvalue weighted by atomic mass is 16.5. The predicted octanol–water partition coefficient (Wildman–Crippen LogP) is 0.767. The molecule has 0 spiro atoms. The minimum Gasteiger partial charge on any atom is -0.497 e. The maximum atomic E-state index is 12.2. The molecule has 2 N–H and O–H groups in total. The van der Waals surface area contributed by atoms with Crippen molar-refractivity contribution in [2.75, 3.05) is 47.0 Å². The van der Waals surface area contributed by atoms with Crippen molar-refractivity contribution in [1.29, 1.82) is 0 Å². The van der Waals surface area contributed by atoms with Gasteiger partial charge in [-0.3, -0.25) is 9.79 Å². The van der Waals surface area contributed by atoms with E-state index in [2.05, 4.69) is 20.5 Å². The molecular weight excluding hydrogens is 360 g/mol. The molecule has 0 aliphatic carbocycles. The van der Waals surface area contributed by atoms with Gasteiger partial charge in [-0.05, 0) is 30.5 Å². The summed E-state index contributed by atoms with van der Waals surface area (Å²) >= 11 is 0. The zero-order chi connectivity index (χ0) is 19.8. The van der Waals surface area contributed by atoms with Gasteiger partial charge in [0.1, 0.15) is 11.9 Å². The van der Waals surface area contributed by atoms with E-state index >= 15 is 0 Å². The Labute approximate surface area is 166 Å². The van der Waals surface area contributed by atoms with Gasteiger partial charge in [0.2, 0.25) is 5.91 Å². The van der Waals surface area contributed by atoms with Crippen molar-refractivity contribution in [3.8, 4) is 5.75 Å². The molecule has 28 heavy (non-hydrogen) atoms. The molecule has 1 aromatic carbocycles. The van der Waals surface area contributed by atoms with E-state index in [0.717, 1.165) is 43.9 Å². The lowest BCUT2D eigenvalue weighted by atomic mass is 10.1. The quantitative estimate of drug-likeness (QED) is 0.551. The van der Waals surface area contributed by atoms with E-state index in [0.29, 0.717) is 19.1 Å². The van der Waals surface area contributed by atoms with E-state index in [-0.39, 0.29) is 24.7 Å². The lowest BCUT2D eigenvalue weighted by molar-refractivity contribution is -0.120. The Hall–Kier alpha value is -2.32. The van der Waals surface area contributed by atoms with Crippen LogP contribution in [0.4, 0.5) is 0 Å². The maximum absolute atomic E-state index is 12.2. The molecule has 2 saturated heterocycles. The zero-order valence-electron chi connectivity index (χ0n) is 16.6. The van der Waals surface area contributed by atoms with Crippen molar-refractivity contribution >= 4 is 11.9 Å². The summed E-state index contributed by atoms with van der Waals surface area (Å²) in [7, 11) is 3.36. The van der Waals surface area contributed by atoms with Gasteiger partial charge in [-0.1, -0.05) is 12.1 Å². The van der Waals surface area contributed by atoms with Crippen LogP contribution >= 0.6 is 0 Å². The molecule has 154 valence electrons. The average Bonchev–Trinajstić information content (AvgIpc) is 3.28. The van der Waals surface area contributed by atoms with E-state index in [1.807, 2.05) is 24.3 Å². The summed E-state index contributed by atoms with van der Waals surface area (Å²) in [4.78, 5) is 18.7. The molecule has 2 atom stereocenters. The van der Waals surface area contributed by atoms with Gasteiger partial charge in [0.15, 0.2) is 5.96 Å². The molecule has 8 heteroatoms. The molecule has 2 aliphatic heterocycles. The second kappa shape index (κ2) is 10.3. The number of guanidine groups is 1. The fraction of sp³-hybridized carbons (Fsp3) is 0.600. The normalized spacial score (nSPS) is 22.8. The Kier molecular flexibility index (Phi) is 7.50. The van der Waals surface area contributed by atoms with Gasteiger partial charge in [0, 0.05) is 33.3 Å². The Morgan fingerprint density at radius 2 is 2.00 bits per heavy atom. The average molecular weight is 390 g/mol. The lowest BCUT2D eigenvalue weighted by Crippen LogP contribution is -2.54. The number of nitrogens with zero attached hydrogens (tertiary/aromatic N) is 2. The number of amides is 1. The van der Waals surface area contributed by atoms with Crippen molar-refractivity contribution in [3.63, 3.8) is 0 Å². The van der Waals surface area contributed by atoms with Crippen LogP contribution in [0.25, 0.3) is 0 Å². The number of hydrogen-bond acceptors (Lipinski definition) is 5. The first-order chi connectivity index (χ1) is 13.7. The summed E-state index contributed by atoms with van der Waals surface area (Å²) in [6, 6.07) is 7.63. The molecule has 0 aromatic heterocycles. The molecule has 2 unspecified atom stereocenters. The Bertz CT molecular complexity index is 659. The van der Waals surface area contributed by atoms with Crippen LogP contribution in [0.2, 0.25) is 0 Å². The largest absolute Gasteiger partial charge is 0.497 e. The van der Waals surface area contributed by atoms with Gasteiger partial charge in [0.25, 0.3) is 0 Å². The fourth-order valence-corrected chi connectivity index (χ4v) is 3.49. The fourth-order valence-electron chi connectivity index (χ4n) is 3.49. The highest BCUT2D eigenvalue weighted by molar-refractivity contribution is 5.86. The minimum atomic E-state index is -0.0825. The van der Waals surface area contributed by atoms with Gasteiger partial charge in [0.05, 0.1) is 26.4 Å². The molecule has 0 radical (unpaired) electrons. The van der Waals surface area contributed by atoms with E-state index in [9.17, 15) is 4.79 Å². The number of benzene rings is 1. The van der Waals surface area contributed by atoms with E-state index in [1.165, 1.54) is 0 Å². The number of ether oxygens (including phenoxy) is 3. The van der Waals surface area contributed by atoms with Crippen LogP contribution in [-0.2, 0) is 20.8 Å². The number of aliphatic imine (C=N–C) groups is 1. The van der Waals surface area contributed by atoms with Gasteiger partial charge in [-0.2, -0.15) is 0 Å². The SMILES string of the molecule is CN=C(NCC(=O)NCc1ccc(OC)cc1)N1CCOC(C2CCCO2)C1. The first-order valence-electron chi connectivity index (χ1n) is 9.78. The number of methoxy groups -OCH3 is 1. The van der Waals surface area contributed by atoms with Crippen LogP contribution in [0.5, 0.6) is 5.75 Å². The Balaban J connectivity index is 1.43. The molecule has 0 bridgehead atoms. The monoisotopic (exact) mass is 390 g/mol. The third-order valence-corrected chi connectivity index (χ3v) is 5.04. The predicted molar refractivity (Wildman–Crippen MR) is 106 cm³/mol. The van der Waals surface area contributed by atoms with Crippen LogP contribution in [-0.4, -0.2) is 76.0 Å². The summed E-state index contributed by atoms with van der Waals surface area (Å²) in [6.07, 6.45) is 2.34. The van der Waals surface area contributed by atoms with E-state index < -0.39 is 0 Å². The number of carbonyl (C=O) groups excluding carboxylic acids is 1. The lowest BCUT2D eigenvalue weighted by Gasteiger charge is -2.37. The molecule has 0 saturated carbocycles. The maximum Gasteiger partial charge on any atom is 0.239 e. The second-order valence-corrected chi connectivity index (χ2v) is 6.93. The first kappa shape index (κ1) is 20.4. The molecule has 1 amide bonds. The topological polar surface area (TPSA) is 84.4 Å². The number of morpholine rings is 1. The summed E-state index contributed by atoms with van der Waals surface area (Å²) in [5.74, 6) is 1.43. The highest BCUT2D eigenvalue weighted by Crippen LogP contribution is 2.21. The summed E-state index contributed by atoms with van der Waals surface area (Å²) in [5.41, 5.74) is 1.02. The molecule has 3 rings (SSSR count). The van der Waals surface area contributed by atoms with Crippen molar-refractivity contribution in [2.24, 2.45) is 4.99 Å². The highest BCUT2D eigenvalue weighted by Gasteiger charge is 2.32. The molecule has 8 nitrogen and oxygen atoms in total. The molecule has 2 aliphatic rings. The first-order valence-corrected chi connectivity index (χ1v) is 9.78. The molecule has 2 heterocycles. The van der Waals surface area contributed by atoms with Crippen molar-refractivity contribution in [1.82, 2.24) is 15.5 Å². The van der Waals surface area contributed by atoms with Crippen molar-refractivity contribution in [2.45, 2.75) is 31.6 Å². The van der Waals surface area contributed by atoms with Gasteiger partial charge >= 0.3 is 0 Å². The van der Waals surface area contributed by atoms with Crippen molar-refractivity contribution < 1.29 is 19.0 Å². The van der Waals surface area contributed by atoms with Crippen LogP contribution < -0.4 is 15.4 Å². The van der Waals surface area contributed by atoms with Crippen LogP contribution in [0.15, 0.2) is 29.3 Å². The second-order valence-electron chi connectivity index (χ2n) is 6.93. The Morgan fingerprint density at radius 1 is 1.21 bits per heavy atom. The molecule has 1 aromatic rings. The standard InChI is InChI=1S/C20H30N4O4/c1-21-20(24-9-11-28-18(14-24)17-4-3-10-27-17)23-13-19(25)22-12-15-5-7-16(26-2)8-6-15/h5-8,17-18H,3-4,9-14H2,1-2H3,(H,21,23)(H,22,25). The van der Waals surface area contributed by atoms with E-state index in [1.54, 1.807) is 14.2 Å². The third-order valence-electron chi connectivity index (χ3n) is 5.04. The van der Waals surface area contributed by atoms with Gasteiger partial charge in [-0.15, -0.1) is 0 Å². The van der Waals surface area contributed by atoms with Crippen LogP contribution in [0, 0.1) is 0 Å². The van der Waals surface area contributed by atoms with Gasteiger partial charge in [-0.25, -0.2) is 0 Å². The summed E-state index contributed by atoms with van der Waals surface area (Å²) in [6.45, 7) is 3.56. The zero-order valence-corrected chi connectivity index (χ0v) is 16.6. The summed E-state index contributed by atoms with van der Waals surface area (Å²) < 4.78 is 16.8. The molecule has 2 fully saturated rings. The number of hydrogen-bond donors (Lipinski definition) is 2.